The van der Waals surface area contributed by atoms with Gasteiger partial charge in [-0.1, -0.05) is 0 Å². The van der Waals surface area contributed by atoms with Gasteiger partial charge in [0.25, 0.3) is 5.91 Å². The smallest absolute Gasteiger partial charge is 0.251 e. The van der Waals surface area contributed by atoms with Crippen LogP contribution >= 0.6 is 0 Å². The Hall–Kier alpha value is -1.79. The monoisotopic (exact) mass is 297 g/mol. The molecule has 1 aromatic rings. The first-order valence-corrected chi connectivity index (χ1v) is 7.09. The Kier molecular flexibility index (Phi) is 8.23. The summed E-state index contributed by atoms with van der Waals surface area (Å²) in [5.41, 5.74) is 0.504. The van der Waals surface area contributed by atoms with Crippen LogP contribution in [-0.2, 0) is 4.74 Å². The molecule has 0 atom stereocenters. The molecule has 118 valence electrons. The standard InChI is InChI=1S/C15H23NO5/c1-3-20-13-6-5-12(11-14(13)21-4-2)15(18)16-7-9-19-10-8-17/h5-6,11,17H,3-4,7-10H2,1-2H3,(H,16,18). The van der Waals surface area contributed by atoms with Crippen molar-refractivity contribution >= 4 is 5.91 Å². The van der Waals surface area contributed by atoms with Gasteiger partial charge in [0.05, 0.1) is 33.0 Å². The van der Waals surface area contributed by atoms with Gasteiger partial charge < -0.3 is 24.6 Å². The van der Waals surface area contributed by atoms with Crippen molar-refractivity contribution in [2.45, 2.75) is 13.8 Å². The molecule has 21 heavy (non-hydrogen) atoms. The van der Waals surface area contributed by atoms with Gasteiger partial charge >= 0.3 is 0 Å². The summed E-state index contributed by atoms with van der Waals surface area (Å²) in [6, 6.07) is 5.08. The number of carbonyl (C=O) groups is 1. The second kappa shape index (κ2) is 10.0. The molecule has 0 bridgehead atoms. The Morgan fingerprint density at radius 2 is 1.86 bits per heavy atom. The third-order valence-electron chi connectivity index (χ3n) is 2.57. The Bertz CT molecular complexity index is 436. The molecule has 0 aromatic heterocycles. The maximum absolute atomic E-state index is 12.0. The van der Waals surface area contributed by atoms with Crippen molar-refractivity contribution in [3.8, 4) is 11.5 Å². The van der Waals surface area contributed by atoms with E-state index in [4.69, 9.17) is 19.3 Å². The van der Waals surface area contributed by atoms with E-state index in [9.17, 15) is 4.79 Å². The first kappa shape index (κ1) is 17.3. The molecule has 0 unspecified atom stereocenters. The molecule has 1 rings (SSSR count). The van der Waals surface area contributed by atoms with Gasteiger partial charge in [0, 0.05) is 12.1 Å². The molecule has 6 heteroatoms. The van der Waals surface area contributed by atoms with Crippen LogP contribution in [0.3, 0.4) is 0 Å². The number of ether oxygens (including phenoxy) is 3. The topological polar surface area (TPSA) is 77.0 Å². The van der Waals surface area contributed by atoms with Crippen LogP contribution in [0.5, 0.6) is 11.5 Å². The number of benzene rings is 1. The minimum atomic E-state index is -0.202. The van der Waals surface area contributed by atoms with Crippen molar-refractivity contribution in [1.29, 1.82) is 0 Å². The highest BCUT2D eigenvalue weighted by molar-refractivity contribution is 5.94. The van der Waals surface area contributed by atoms with E-state index >= 15 is 0 Å². The normalized spacial score (nSPS) is 10.2. The van der Waals surface area contributed by atoms with Crippen molar-refractivity contribution in [3.05, 3.63) is 23.8 Å². The van der Waals surface area contributed by atoms with Gasteiger partial charge in [-0.15, -0.1) is 0 Å². The lowest BCUT2D eigenvalue weighted by atomic mass is 10.2. The lowest BCUT2D eigenvalue weighted by molar-refractivity contribution is 0.0838. The van der Waals surface area contributed by atoms with E-state index in [0.717, 1.165) is 0 Å². The third-order valence-corrected chi connectivity index (χ3v) is 2.57. The fourth-order valence-electron chi connectivity index (χ4n) is 1.70. The summed E-state index contributed by atoms with van der Waals surface area (Å²) in [5.74, 6) is 0.984. The summed E-state index contributed by atoms with van der Waals surface area (Å²) in [6.07, 6.45) is 0. The first-order valence-electron chi connectivity index (χ1n) is 7.09. The molecule has 0 aliphatic heterocycles. The molecule has 0 saturated carbocycles. The number of nitrogens with one attached hydrogen (secondary N) is 1. The maximum Gasteiger partial charge on any atom is 0.251 e. The second-order valence-electron chi connectivity index (χ2n) is 4.12. The number of hydrogen-bond acceptors (Lipinski definition) is 5. The molecule has 0 spiro atoms. The van der Waals surface area contributed by atoms with E-state index in [-0.39, 0.29) is 19.1 Å². The van der Waals surface area contributed by atoms with Crippen LogP contribution in [0.1, 0.15) is 24.2 Å². The van der Waals surface area contributed by atoms with Crippen LogP contribution in [-0.4, -0.2) is 50.6 Å². The molecule has 0 saturated heterocycles. The van der Waals surface area contributed by atoms with Gasteiger partial charge in [-0.05, 0) is 32.0 Å². The number of hydrogen-bond donors (Lipinski definition) is 2. The molecule has 0 aliphatic rings. The van der Waals surface area contributed by atoms with E-state index in [2.05, 4.69) is 5.32 Å². The largest absolute Gasteiger partial charge is 0.490 e. The third kappa shape index (κ3) is 6.01. The van der Waals surface area contributed by atoms with E-state index in [1.54, 1.807) is 18.2 Å². The Morgan fingerprint density at radius 3 is 2.52 bits per heavy atom. The quantitative estimate of drug-likeness (QED) is 0.635. The van der Waals surface area contributed by atoms with E-state index < -0.39 is 0 Å². The molecule has 1 amide bonds. The molecule has 0 aliphatic carbocycles. The first-order chi connectivity index (χ1) is 10.2. The zero-order chi connectivity index (χ0) is 15.5. The number of carbonyl (C=O) groups excluding carboxylic acids is 1. The van der Waals surface area contributed by atoms with Gasteiger partial charge in [-0.3, -0.25) is 4.79 Å². The summed E-state index contributed by atoms with van der Waals surface area (Å²) in [5, 5.41) is 11.3. The van der Waals surface area contributed by atoms with Crippen LogP contribution in [0.15, 0.2) is 18.2 Å². The average molecular weight is 297 g/mol. The van der Waals surface area contributed by atoms with Gasteiger partial charge in [0.2, 0.25) is 0 Å². The lowest BCUT2D eigenvalue weighted by Crippen LogP contribution is -2.27. The minimum absolute atomic E-state index is 0.0233. The summed E-state index contributed by atoms with van der Waals surface area (Å²) in [7, 11) is 0. The highest BCUT2D eigenvalue weighted by Crippen LogP contribution is 2.28. The van der Waals surface area contributed by atoms with Crippen molar-refractivity contribution in [3.63, 3.8) is 0 Å². The minimum Gasteiger partial charge on any atom is -0.490 e. The number of aliphatic hydroxyl groups excluding tert-OH is 1. The highest BCUT2D eigenvalue weighted by atomic mass is 16.5. The highest BCUT2D eigenvalue weighted by Gasteiger charge is 2.11. The van der Waals surface area contributed by atoms with Crippen molar-refractivity contribution in [2.24, 2.45) is 0 Å². The molecule has 6 nitrogen and oxygen atoms in total. The van der Waals surface area contributed by atoms with Crippen molar-refractivity contribution in [2.75, 3.05) is 39.6 Å². The molecule has 0 fully saturated rings. The van der Waals surface area contributed by atoms with Crippen LogP contribution < -0.4 is 14.8 Å². The van der Waals surface area contributed by atoms with E-state index in [1.165, 1.54) is 0 Å². The Morgan fingerprint density at radius 1 is 1.14 bits per heavy atom. The molecule has 2 N–H and O–H groups in total. The van der Waals surface area contributed by atoms with Gasteiger partial charge in [-0.2, -0.15) is 0 Å². The summed E-state index contributed by atoms with van der Waals surface area (Å²) < 4.78 is 16.0. The summed E-state index contributed by atoms with van der Waals surface area (Å²) in [4.78, 5) is 12.0. The zero-order valence-corrected chi connectivity index (χ0v) is 12.6. The van der Waals surface area contributed by atoms with Gasteiger partial charge in [0.1, 0.15) is 0 Å². The fraction of sp³-hybridized carbons (Fsp3) is 0.533. The predicted molar refractivity (Wildman–Crippen MR) is 79.0 cm³/mol. The predicted octanol–water partition coefficient (Wildman–Crippen LogP) is 1.22. The fourth-order valence-corrected chi connectivity index (χ4v) is 1.70. The Balaban J connectivity index is 2.60. The van der Waals surface area contributed by atoms with E-state index in [1.807, 2.05) is 13.8 Å². The van der Waals surface area contributed by atoms with Gasteiger partial charge in [0.15, 0.2) is 11.5 Å². The van der Waals surface area contributed by atoms with Crippen LogP contribution in [0.2, 0.25) is 0 Å². The average Bonchev–Trinajstić information content (AvgIpc) is 2.49. The van der Waals surface area contributed by atoms with E-state index in [0.29, 0.717) is 43.4 Å². The molecular formula is C15H23NO5. The number of aliphatic hydroxyl groups is 1. The summed E-state index contributed by atoms with van der Waals surface area (Å²) >= 11 is 0. The molecule has 1 aromatic carbocycles. The molecule has 0 radical (unpaired) electrons. The van der Waals surface area contributed by atoms with Crippen LogP contribution in [0, 0.1) is 0 Å². The van der Waals surface area contributed by atoms with Crippen LogP contribution in [0.25, 0.3) is 0 Å². The SMILES string of the molecule is CCOc1ccc(C(=O)NCCOCCO)cc1OCC. The van der Waals surface area contributed by atoms with Gasteiger partial charge in [-0.25, -0.2) is 0 Å². The van der Waals surface area contributed by atoms with Crippen molar-refractivity contribution < 1.29 is 24.1 Å². The summed E-state index contributed by atoms with van der Waals surface area (Å²) in [6.45, 7) is 5.80. The van der Waals surface area contributed by atoms with Crippen LogP contribution in [0.4, 0.5) is 0 Å². The maximum atomic E-state index is 12.0. The van der Waals surface area contributed by atoms with Crippen molar-refractivity contribution in [1.82, 2.24) is 5.32 Å². The number of amides is 1. The lowest BCUT2D eigenvalue weighted by Gasteiger charge is -2.12. The molecular weight excluding hydrogens is 274 g/mol. The zero-order valence-electron chi connectivity index (χ0n) is 12.6. The second-order valence-corrected chi connectivity index (χ2v) is 4.12. The molecule has 0 heterocycles. The number of rotatable bonds is 10. The Labute approximate surface area is 125 Å².